The van der Waals surface area contributed by atoms with Gasteiger partial charge in [-0.25, -0.2) is 0 Å². The Hall–Kier alpha value is -1.11. The van der Waals surface area contributed by atoms with E-state index in [1.165, 1.54) is 17.3 Å². The molecule has 0 saturated carbocycles. The molecular weight excluding hydrogens is 134 g/mol. The highest BCUT2D eigenvalue weighted by atomic mass is 14.3. The predicted molar refractivity (Wildman–Crippen MR) is 48.4 cm³/mol. The molecule has 0 saturated heterocycles. The molecule has 1 heteroatoms. The van der Waals surface area contributed by atoms with E-state index in [0.29, 0.717) is 0 Å². The zero-order valence-corrected chi connectivity index (χ0v) is 7.02. The Morgan fingerprint density at radius 1 is 1.45 bits per heavy atom. The zero-order valence-electron chi connectivity index (χ0n) is 7.02. The summed E-state index contributed by atoms with van der Waals surface area (Å²) in [4.78, 5) is 0. The van der Waals surface area contributed by atoms with E-state index in [4.69, 9.17) is 5.41 Å². The lowest BCUT2D eigenvalue weighted by molar-refractivity contribution is 1.11. The van der Waals surface area contributed by atoms with E-state index in [9.17, 15) is 0 Å². The fraction of sp³-hybridized carbons (Fsp3) is 0.300. The van der Waals surface area contributed by atoms with Crippen molar-refractivity contribution in [2.45, 2.75) is 20.3 Å². The summed E-state index contributed by atoms with van der Waals surface area (Å²) in [6.07, 6.45) is 2.44. The fourth-order valence-corrected chi connectivity index (χ4v) is 1.16. The van der Waals surface area contributed by atoms with Gasteiger partial charge in [0.2, 0.25) is 0 Å². The van der Waals surface area contributed by atoms with Crippen molar-refractivity contribution < 1.29 is 0 Å². The summed E-state index contributed by atoms with van der Waals surface area (Å²) in [5, 5.41) is 7.06. The van der Waals surface area contributed by atoms with Gasteiger partial charge in [-0.3, -0.25) is 0 Å². The highest BCUT2D eigenvalue weighted by molar-refractivity contribution is 5.77. The summed E-state index contributed by atoms with van der Waals surface area (Å²) < 4.78 is 0. The van der Waals surface area contributed by atoms with Crippen LogP contribution in [0.5, 0.6) is 0 Å². The van der Waals surface area contributed by atoms with Crippen molar-refractivity contribution in [1.29, 1.82) is 5.41 Å². The SMILES string of the molecule is CCc1cc(C=N)ccc1C. The Kier molecular flexibility index (Phi) is 2.42. The lowest BCUT2D eigenvalue weighted by Gasteiger charge is -2.02. The average Bonchev–Trinajstić information content (AvgIpc) is 2.05. The topological polar surface area (TPSA) is 23.9 Å². The van der Waals surface area contributed by atoms with E-state index in [-0.39, 0.29) is 0 Å². The van der Waals surface area contributed by atoms with Crippen LogP contribution in [0.15, 0.2) is 18.2 Å². The Balaban J connectivity index is 3.12. The molecule has 0 aliphatic carbocycles. The Bertz CT molecular complexity index is 264. The van der Waals surface area contributed by atoms with Gasteiger partial charge in [-0.05, 0) is 36.1 Å². The van der Waals surface area contributed by atoms with E-state index >= 15 is 0 Å². The summed E-state index contributed by atoms with van der Waals surface area (Å²) in [7, 11) is 0. The molecule has 1 nitrogen and oxygen atoms in total. The van der Waals surface area contributed by atoms with E-state index < -0.39 is 0 Å². The van der Waals surface area contributed by atoms with Crippen LogP contribution in [0.25, 0.3) is 0 Å². The fourth-order valence-electron chi connectivity index (χ4n) is 1.16. The molecule has 0 amide bonds. The molecule has 1 aromatic rings. The second kappa shape index (κ2) is 3.33. The third-order valence-electron chi connectivity index (χ3n) is 1.92. The van der Waals surface area contributed by atoms with Crippen LogP contribution < -0.4 is 0 Å². The largest absolute Gasteiger partial charge is 0.308 e. The van der Waals surface area contributed by atoms with Crippen LogP contribution in [-0.2, 0) is 6.42 Å². The smallest absolute Gasteiger partial charge is 0.0250 e. The van der Waals surface area contributed by atoms with Crippen molar-refractivity contribution in [2.24, 2.45) is 0 Å². The highest BCUT2D eigenvalue weighted by Gasteiger charge is 1.95. The van der Waals surface area contributed by atoms with Gasteiger partial charge in [0.25, 0.3) is 0 Å². The molecule has 0 aliphatic rings. The van der Waals surface area contributed by atoms with Gasteiger partial charge in [-0.2, -0.15) is 0 Å². The van der Waals surface area contributed by atoms with Crippen LogP contribution in [-0.4, -0.2) is 6.21 Å². The molecular formula is C10H13N. The van der Waals surface area contributed by atoms with Crippen LogP contribution in [0.1, 0.15) is 23.6 Å². The normalized spacial score (nSPS) is 9.64. The number of hydrogen-bond acceptors (Lipinski definition) is 1. The number of aryl methyl sites for hydroxylation is 2. The standard InChI is InChI=1S/C10H13N/c1-3-10-6-9(7-11)5-4-8(10)2/h4-7,11H,3H2,1-2H3. The predicted octanol–water partition coefficient (Wildman–Crippen LogP) is 2.56. The van der Waals surface area contributed by atoms with Crippen molar-refractivity contribution >= 4 is 6.21 Å². The number of hydrogen-bond donors (Lipinski definition) is 1. The molecule has 0 aliphatic heterocycles. The summed E-state index contributed by atoms with van der Waals surface area (Å²) >= 11 is 0. The molecule has 0 atom stereocenters. The molecule has 0 spiro atoms. The first kappa shape index (κ1) is 7.99. The molecule has 11 heavy (non-hydrogen) atoms. The third-order valence-corrected chi connectivity index (χ3v) is 1.92. The van der Waals surface area contributed by atoms with E-state index in [2.05, 4.69) is 26.0 Å². The Morgan fingerprint density at radius 2 is 2.18 bits per heavy atom. The minimum atomic E-state index is 0.993. The van der Waals surface area contributed by atoms with E-state index in [0.717, 1.165) is 12.0 Å². The minimum absolute atomic E-state index is 0.993. The lowest BCUT2D eigenvalue weighted by atomic mass is 10.0. The van der Waals surface area contributed by atoms with Crippen molar-refractivity contribution in [3.05, 3.63) is 34.9 Å². The third kappa shape index (κ3) is 1.67. The van der Waals surface area contributed by atoms with Gasteiger partial charge in [-0.1, -0.05) is 19.1 Å². The molecule has 1 N–H and O–H groups in total. The van der Waals surface area contributed by atoms with Gasteiger partial charge in [-0.15, -0.1) is 0 Å². The van der Waals surface area contributed by atoms with Gasteiger partial charge >= 0.3 is 0 Å². The number of benzene rings is 1. The second-order valence-electron chi connectivity index (χ2n) is 2.68. The first-order valence-electron chi connectivity index (χ1n) is 3.88. The van der Waals surface area contributed by atoms with Crippen molar-refractivity contribution in [2.75, 3.05) is 0 Å². The summed E-state index contributed by atoms with van der Waals surface area (Å²) in [5.41, 5.74) is 3.65. The Labute approximate surface area is 67.6 Å². The molecule has 0 radical (unpaired) electrons. The van der Waals surface area contributed by atoms with Crippen LogP contribution in [0.3, 0.4) is 0 Å². The molecule has 0 unspecified atom stereocenters. The monoisotopic (exact) mass is 147 g/mol. The summed E-state index contributed by atoms with van der Waals surface area (Å²) in [5.74, 6) is 0. The van der Waals surface area contributed by atoms with Crippen LogP contribution in [0.4, 0.5) is 0 Å². The molecule has 0 bridgehead atoms. The lowest BCUT2D eigenvalue weighted by Crippen LogP contribution is -1.88. The van der Waals surface area contributed by atoms with Gasteiger partial charge < -0.3 is 5.41 Å². The first-order valence-corrected chi connectivity index (χ1v) is 3.88. The maximum atomic E-state index is 7.06. The van der Waals surface area contributed by atoms with Gasteiger partial charge in [0, 0.05) is 6.21 Å². The highest BCUT2D eigenvalue weighted by Crippen LogP contribution is 2.09. The number of rotatable bonds is 2. The first-order chi connectivity index (χ1) is 5.27. The zero-order chi connectivity index (χ0) is 8.27. The van der Waals surface area contributed by atoms with Crippen LogP contribution in [0, 0.1) is 12.3 Å². The molecule has 0 aromatic heterocycles. The maximum Gasteiger partial charge on any atom is 0.0250 e. The number of nitrogens with one attached hydrogen (secondary N) is 1. The van der Waals surface area contributed by atoms with Gasteiger partial charge in [0.15, 0.2) is 0 Å². The molecule has 0 heterocycles. The van der Waals surface area contributed by atoms with E-state index in [1.54, 1.807) is 0 Å². The minimum Gasteiger partial charge on any atom is -0.308 e. The second-order valence-corrected chi connectivity index (χ2v) is 2.68. The van der Waals surface area contributed by atoms with Gasteiger partial charge in [0.05, 0.1) is 0 Å². The Morgan fingerprint density at radius 3 is 2.73 bits per heavy atom. The molecule has 0 fully saturated rings. The molecule has 58 valence electrons. The van der Waals surface area contributed by atoms with Crippen molar-refractivity contribution in [1.82, 2.24) is 0 Å². The van der Waals surface area contributed by atoms with Crippen molar-refractivity contribution in [3.63, 3.8) is 0 Å². The van der Waals surface area contributed by atoms with E-state index in [1.807, 2.05) is 6.07 Å². The molecule has 1 rings (SSSR count). The van der Waals surface area contributed by atoms with Crippen LogP contribution in [0.2, 0.25) is 0 Å². The quantitative estimate of drug-likeness (QED) is 0.622. The summed E-state index contributed by atoms with van der Waals surface area (Å²) in [6.45, 7) is 4.24. The van der Waals surface area contributed by atoms with Gasteiger partial charge in [0.1, 0.15) is 0 Å². The van der Waals surface area contributed by atoms with Crippen molar-refractivity contribution in [3.8, 4) is 0 Å². The summed E-state index contributed by atoms with van der Waals surface area (Å²) in [6, 6.07) is 6.11. The average molecular weight is 147 g/mol. The maximum absolute atomic E-state index is 7.06. The molecule has 1 aromatic carbocycles. The van der Waals surface area contributed by atoms with Crippen LogP contribution >= 0.6 is 0 Å².